The summed E-state index contributed by atoms with van der Waals surface area (Å²) in [5, 5.41) is 20.7. The molecule has 1 aliphatic rings. The molecule has 238 valence electrons. The van der Waals surface area contributed by atoms with Crippen molar-refractivity contribution in [3.8, 4) is 17.2 Å². The minimum absolute atomic E-state index is 0.165. The molecule has 0 fully saturated rings. The summed E-state index contributed by atoms with van der Waals surface area (Å²) in [6.45, 7) is 3.92. The van der Waals surface area contributed by atoms with E-state index in [1.165, 1.54) is 7.11 Å². The van der Waals surface area contributed by atoms with Crippen molar-refractivity contribution >= 4 is 68.3 Å². The van der Waals surface area contributed by atoms with Crippen LogP contribution in [0.2, 0.25) is 5.02 Å². The number of aliphatic hydroxyl groups excluding tert-OH is 1. The summed E-state index contributed by atoms with van der Waals surface area (Å²) in [5.41, 5.74) is 5.50. The zero-order valence-electron chi connectivity index (χ0n) is 24.5. The highest BCUT2D eigenvalue weighted by Crippen LogP contribution is 2.35. The molecule has 45 heavy (non-hydrogen) atoms. The lowest BCUT2D eigenvalue weighted by Gasteiger charge is -2.28. The Morgan fingerprint density at radius 1 is 1.18 bits per heavy atom. The van der Waals surface area contributed by atoms with Crippen LogP contribution in [0.4, 0.5) is 4.79 Å². The molecular formula is C31H31BrClIN4O7. The zero-order valence-corrected chi connectivity index (χ0v) is 29.0. The van der Waals surface area contributed by atoms with Gasteiger partial charge in [-0.05, 0) is 84.0 Å². The molecule has 3 aromatic rings. The standard InChI is InChI=1S/C31H31BrClIN4O7/c1-4-43-25-12-19(28-27(30(40)42-3)17(2)36-31(41)37-28)8-9-24(25)44-16-26(39)38-35-14-20-11-21(32)13-23(34)29(20)45-15-18-6-5-7-22(33)10-18/h5-14,26,28,38-39H,4,15-16H2,1-3H3,(H2,36,37,41)/b35-14+/t26-,28-/m0/s1. The van der Waals surface area contributed by atoms with Gasteiger partial charge in [0.25, 0.3) is 0 Å². The second-order valence-electron chi connectivity index (χ2n) is 9.64. The fourth-order valence-electron chi connectivity index (χ4n) is 4.43. The Labute approximate surface area is 287 Å². The summed E-state index contributed by atoms with van der Waals surface area (Å²) in [6, 6.07) is 15.0. The topological polar surface area (TPSA) is 140 Å². The number of hydrogen-bond donors (Lipinski definition) is 4. The second kappa shape index (κ2) is 16.2. The number of carbonyl (C=O) groups excluding carboxylic acids is 2. The maximum atomic E-state index is 12.5. The first-order valence-corrected chi connectivity index (χ1v) is 15.9. The van der Waals surface area contributed by atoms with Gasteiger partial charge in [0.05, 0.1) is 35.1 Å². The van der Waals surface area contributed by atoms with E-state index in [-0.39, 0.29) is 12.2 Å². The molecule has 4 rings (SSSR count). The Kier molecular flexibility index (Phi) is 12.3. The first-order chi connectivity index (χ1) is 21.6. The monoisotopic (exact) mass is 812 g/mol. The van der Waals surface area contributed by atoms with Gasteiger partial charge in [0, 0.05) is 20.8 Å². The van der Waals surface area contributed by atoms with Crippen molar-refractivity contribution < 1.29 is 33.6 Å². The van der Waals surface area contributed by atoms with Gasteiger partial charge in [-0.25, -0.2) is 9.59 Å². The number of hydrogen-bond acceptors (Lipinski definition) is 9. The van der Waals surface area contributed by atoms with Crippen molar-refractivity contribution in [2.24, 2.45) is 5.10 Å². The van der Waals surface area contributed by atoms with E-state index in [1.54, 1.807) is 37.4 Å². The van der Waals surface area contributed by atoms with Crippen LogP contribution in [0.25, 0.3) is 0 Å². The smallest absolute Gasteiger partial charge is 0.337 e. The van der Waals surface area contributed by atoms with Crippen molar-refractivity contribution in [1.29, 1.82) is 0 Å². The number of esters is 1. The van der Waals surface area contributed by atoms with Gasteiger partial charge in [-0.15, -0.1) is 0 Å². The molecule has 0 saturated carbocycles. The molecule has 2 atom stereocenters. The summed E-state index contributed by atoms with van der Waals surface area (Å²) in [5.74, 6) is 0.770. The van der Waals surface area contributed by atoms with Crippen LogP contribution >= 0.6 is 50.1 Å². The number of allylic oxidation sites excluding steroid dienone is 1. The molecular weight excluding hydrogens is 783 g/mol. The minimum atomic E-state index is -1.17. The number of carbonyl (C=O) groups is 2. The van der Waals surface area contributed by atoms with Gasteiger partial charge in [-0.2, -0.15) is 5.10 Å². The van der Waals surface area contributed by atoms with Crippen LogP contribution in [0.5, 0.6) is 17.2 Å². The molecule has 0 unspecified atom stereocenters. The number of urea groups is 1. The summed E-state index contributed by atoms with van der Waals surface area (Å²) in [6.07, 6.45) is 0.378. The van der Waals surface area contributed by atoms with Crippen LogP contribution in [0.15, 0.2) is 75.4 Å². The Bertz CT molecular complexity index is 1620. The molecule has 0 bridgehead atoms. The van der Waals surface area contributed by atoms with Crippen LogP contribution in [0.3, 0.4) is 0 Å². The van der Waals surface area contributed by atoms with Crippen LogP contribution in [0, 0.1) is 3.57 Å². The number of aliphatic hydroxyl groups is 1. The maximum Gasteiger partial charge on any atom is 0.337 e. The normalized spacial score (nSPS) is 15.3. The summed E-state index contributed by atoms with van der Waals surface area (Å²) in [4.78, 5) is 24.6. The van der Waals surface area contributed by atoms with Crippen molar-refractivity contribution in [2.45, 2.75) is 32.7 Å². The van der Waals surface area contributed by atoms with Crippen LogP contribution in [-0.4, -0.2) is 49.9 Å². The average molecular weight is 814 g/mol. The molecule has 1 aliphatic heterocycles. The number of ether oxygens (including phenoxy) is 4. The van der Waals surface area contributed by atoms with E-state index >= 15 is 0 Å². The average Bonchev–Trinajstić information content (AvgIpc) is 2.99. The maximum absolute atomic E-state index is 12.5. The molecule has 11 nitrogen and oxygen atoms in total. The third-order valence-corrected chi connectivity index (χ3v) is 7.90. The summed E-state index contributed by atoms with van der Waals surface area (Å²) >= 11 is 11.8. The van der Waals surface area contributed by atoms with Crippen LogP contribution < -0.4 is 30.3 Å². The summed E-state index contributed by atoms with van der Waals surface area (Å²) < 4.78 is 24.3. The van der Waals surface area contributed by atoms with Crippen molar-refractivity contribution in [3.63, 3.8) is 0 Å². The third kappa shape index (κ3) is 9.25. The largest absolute Gasteiger partial charge is 0.490 e. The van der Waals surface area contributed by atoms with Gasteiger partial charge in [-0.1, -0.05) is 45.7 Å². The number of halogens is 3. The number of nitrogens with one attached hydrogen (secondary N) is 3. The van der Waals surface area contributed by atoms with Gasteiger partial charge in [-0.3, -0.25) is 5.43 Å². The number of methoxy groups -OCH3 is 1. The lowest BCUT2D eigenvalue weighted by molar-refractivity contribution is -0.136. The quantitative estimate of drug-likeness (QED) is 0.0559. The van der Waals surface area contributed by atoms with Gasteiger partial charge in [0.2, 0.25) is 0 Å². The lowest BCUT2D eigenvalue weighted by atomic mass is 9.95. The van der Waals surface area contributed by atoms with E-state index in [9.17, 15) is 14.7 Å². The van der Waals surface area contributed by atoms with E-state index < -0.39 is 24.3 Å². The highest BCUT2D eigenvalue weighted by molar-refractivity contribution is 14.1. The van der Waals surface area contributed by atoms with Crippen LogP contribution in [0.1, 0.15) is 36.6 Å². The van der Waals surface area contributed by atoms with Gasteiger partial charge < -0.3 is 34.7 Å². The highest BCUT2D eigenvalue weighted by atomic mass is 127. The van der Waals surface area contributed by atoms with E-state index in [4.69, 9.17) is 30.5 Å². The molecule has 4 N–H and O–H groups in total. The van der Waals surface area contributed by atoms with E-state index in [0.29, 0.717) is 52.3 Å². The first-order valence-electron chi connectivity index (χ1n) is 13.7. The second-order valence-corrected chi connectivity index (χ2v) is 12.2. The molecule has 0 spiro atoms. The molecule has 0 radical (unpaired) electrons. The Morgan fingerprint density at radius 3 is 2.71 bits per heavy atom. The Morgan fingerprint density at radius 2 is 1.98 bits per heavy atom. The first kappa shape index (κ1) is 34.3. The van der Waals surface area contributed by atoms with Crippen molar-refractivity contribution in [2.75, 3.05) is 20.3 Å². The molecule has 3 aromatic carbocycles. The number of nitrogens with zero attached hydrogens (tertiary/aromatic N) is 1. The molecule has 2 amide bonds. The molecule has 0 saturated heterocycles. The zero-order chi connectivity index (χ0) is 32.5. The van der Waals surface area contributed by atoms with Crippen LogP contribution in [-0.2, 0) is 16.1 Å². The van der Waals surface area contributed by atoms with Crippen molar-refractivity contribution in [3.05, 3.63) is 95.6 Å². The Hall–Kier alpha value is -3.53. The number of hydrazone groups is 1. The molecule has 0 aliphatic carbocycles. The molecule has 14 heteroatoms. The molecule has 1 heterocycles. The van der Waals surface area contributed by atoms with E-state index in [0.717, 1.165) is 13.6 Å². The number of amides is 2. The SMILES string of the molecule is CCOc1cc([C@@H]2NC(=O)NC(C)=C2C(=O)OC)ccc1OC[C@H](O)N/N=C/c1cc(Br)cc(I)c1OCc1cccc(Cl)c1. The van der Waals surface area contributed by atoms with Gasteiger partial charge >= 0.3 is 12.0 Å². The fourth-order valence-corrected chi connectivity index (χ4v) is 6.34. The van der Waals surface area contributed by atoms with E-state index in [2.05, 4.69) is 59.7 Å². The third-order valence-electron chi connectivity index (χ3n) is 6.41. The summed E-state index contributed by atoms with van der Waals surface area (Å²) in [7, 11) is 1.27. The Balaban J connectivity index is 1.43. The van der Waals surface area contributed by atoms with E-state index in [1.807, 2.05) is 37.3 Å². The van der Waals surface area contributed by atoms with Crippen molar-refractivity contribution in [1.82, 2.24) is 16.1 Å². The lowest BCUT2D eigenvalue weighted by Crippen LogP contribution is -2.45. The highest BCUT2D eigenvalue weighted by Gasteiger charge is 2.32. The predicted molar refractivity (Wildman–Crippen MR) is 182 cm³/mol. The predicted octanol–water partition coefficient (Wildman–Crippen LogP) is 5.81. The minimum Gasteiger partial charge on any atom is -0.490 e. The number of benzene rings is 3. The number of rotatable bonds is 13. The van der Waals surface area contributed by atoms with Gasteiger partial charge in [0.1, 0.15) is 19.0 Å². The molecule has 0 aromatic heterocycles. The van der Waals surface area contributed by atoms with Gasteiger partial charge in [0.15, 0.2) is 17.7 Å². The fraction of sp³-hybridized carbons (Fsp3) is 0.258.